The van der Waals surface area contributed by atoms with Crippen molar-refractivity contribution >= 4 is 47.2 Å². The van der Waals surface area contributed by atoms with Crippen molar-refractivity contribution in [1.82, 2.24) is 20.4 Å². The number of rotatable bonds is 8. The molecule has 148 valence electrons. The molecule has 1 aliphatic rings. The van der Waals surface area contributed by atoms with Gasteiger partial charge in [0.25, 0.3) is 0 Å². The molecule has 0 radical (unpaired) electrons. The summed E-state index contributed by atoms with van der Waals surface area (Å²) in [5, 5.41) is 8.74. The fourth-order valence-electron chi connectivity index (χ4n) is 2.38. The fraction of sp³-hybridized carbons (Fsp3) is 0.647. The number of nitrogens with one attached hydrogen (secondary N) is 2. The number of halogens is 1. The van der Waals surface area contributed by atoms with Gasteiger partial charge < -0.3 is 20.3 Å². The maximum absolute atomic E-state index is 11.8. The Morgan fingerprint density at radius 1 is 1.31 bits per heavy atom. The Balaban J connectivity index is 0.00000338. The molecule has 0 saturated carbocycles. The minimum Gasteiger partial charge on any atom is -0.379 e. The Morgan fingerprint density at radius 3 is 2.69 bits per heavy atom. The summed E-state index contributed by atoms with van der Waals surface area (Å²) >= 11 is 1.75. The normalized spacial score (nSPS) is 15.2. The van der Waals surface area contributed by atoms with Gasteiger partial charge in [-0.3, -0.25) is 9.69 Å². The summed E-state index contributed by atoms with van der Waals surface area (Å²) < 4.78 is 5.36. The average Bonchev–Trinajstić information content (AvgIpc) is 3.13. The van der Waals surface area contributed by atoms with Gasteiger partial charge >= 0.3 is 0 Å². The van der Waals surface area contributed by atoms with E-state index in [1.54, 1.807) is 30.3 Å². The van der Waals surface area contributed by atoms with E-state index in [1.807, 2.05) is 0 Å². The van der Waals surface area contributed by atoms with Crippen LogP contribution in [0.5, 0.6) is 0 Å². The van der Waals surface area contributed by atoms with Crippen LogP contribution in [0.15, 0.2) is 22.5 Å². The van der Waals surface area contributed by atoms with Crippen molar-refractivity contribution in [3.63, 3.8) is 0 Å². The third-order valence-electron chi connectivity index (χ3n) is 3.94. The van der Waals surface area contributed by atoms with Crippen molar-refractivity contribution in [2.75, 3.05) is 66.6 Å². The van der Waals surface area contributed by atoms with Crippen LogP contribution in [-0.4, -0.2) is 88.2 Å². The zero-order valence-corrected chi connectivity index (χ0v) is 18.7. The van der Waals surface area contributed by atoms with Crippen molar-refractivity contribution < 1.29 is 9.53 Å². The van der Waals surface area contributed by atoms with E-state index in [1.165, 1.54) is 4.88 Å². The third kappa shape index (κ3) is 9.15. The largest absolute Gasteiger partial charge is 0.379 e. The molecular weight excluding hydrogens is 465 g/mol. The fourth-order valence-corrected chi connectivity index (χ4v) is 3.09. The first-order valence-corrected chi connectivity index (χ1v) is 9.58. The molecule has 2 N–H and O–H groups in total. The van der Waals surface area contributed by atoms with Crippen molar-refractivity contribution in [2.45, 2.75) is 6.42 Å². The van der Waals surface area contributed by atoms with Crippen LogP contribution in [0, 0.1) is 0 Å². The van der Waals surface area contributed by atoms with E-state index >= 15 is 0 Å². The lowest BCUT2D eigenvalue weighted by atomic mass is 10.3. The Hall–Kier alpha value is -0.910. The number of morpholine rings is 1. The first kappa shape index (κ1) is 23.1. The summed E-state index contributed by atoms with van der Waals surface area (Å²) in [6.45, 7) is 6.23. The standard InChI is InChI=1S/C17H29N5O2S.HI/c1-21(2)16(23)14-20-17(18-6-5-15-4-3-13-25-15)19-7-8-22-9-11-24-12-10-22;/h3-4,13H,5-12,14H2,1-2H3,(H2,18,19,20);1H. The molecule has 2 heterocycles. The molecule has 1 amide bonds. The average molecular weight is 495 g/mol. The lowest BCUT2D eigenvalue weighted by Gasteiger charge is -2.26. The number of likely N-dealkylation sites (N-methyl/N-ethyl adjacent to an activating group) is 1. The second-order valence-electron chi connectivity index (χ2n) is 6.09. The predicted molar refractivity (Wildman–Crippen MR) is 118 cm³/mol. The summed E-state index contributed by atoms with van der Waals surface area (Å²) in [6.07, 6.45) is 0.948. The molecule has 0 aliphatic carbocycles. The maximum Gasteiger partial charge on any atom is 0.243 e. The quantitative estimate of drug-likeness (QED) is 0.318. The summed E-state index contributed by atoms with van der Waals surface area (Å²) in [7, 11) is 3.49. The van der Waals surface area contributed by atoms with Gasteiger partial charge in [0, 0.05) is 51.7 Å². The molecule has 1 aromatic rings. The number of hydrogen-bond donors (Lipinski definition) is 2. The molecule has 0 bridgehead atoms. The topological polar surface area (TPSA) is 69.2 Å². The summed E-state index contributed by atoms with van der Waals surface area (Å²) in [5.41, 5.74) is 0. The molecule has 1 aliphatic heterocycles. The van der Waals surface area contributed by atoms with Gasteiger partial charge in [-0.2, -0.15) is 0 Å². The van der Waals surface area contributed by atoms with Crippen LogP contribution in [0.25, 0.3) is 0 Å². The van der Waals surface area contributed by atoms with Gasteiger partial charge in [-0.1, -0.05) is 6.07 Å². The zero-order chi connectivity index (χ0) is 17.9. The van der Waals surface area contributed by atoms with E-state index in [-0.39, 0.29) is 36.4 Å². The minimum atomic E-state index is -0.00691. The number of hydrogen-bond acceptors (Lipinski definition) is 5. The lowest BCUT2D eigenvalue weighted by molar-refractivity contribution is -0.127. The van der Waals surface area contributed by atoms with E-state index in [4.69, 9.17) is 4.74 Å². The van der Waals surface area contributed by atoms with Crippen molar-refractivity contribution in [3.8, 4) is 0 Å². The number of amides is 1. The molecule has 0 spiro atoms. The summed E-state index contributed by atoms with van der Waals surface area (Å²) in [5.74, 6) is 0.688. The highest BCUT2D eigenvalue weighted by Crippen LogP contribution is 2.07. The van der Waals surface area contributed by atoms with Crippen LogP contribution < -0.4 is 10.6 Å². The highest BCUT2D eigenvalue weighted by atomic mass is 127. The molecular formula is C17H30IN5O2S. The Bertz CT molecular complexity index is 533. The van der Waals surface area contributed by atoms with Gasteiger partial charge in [-0.25, -0.2) is 4.99 Å². The number of thiophene rings is 1. The number of ether oxygens (including phenoxy) is 1. The molecule has 0 atom stereocenters. The first-order chi connectivity index (χ1) is 12.1. The molecule has 7 nitrogen and oxygen atoms in total. The zero-order valence-electron chi connectivity index (χ0n) is 15.6. The van der Waals surface area contributed by atoms with Crippen molar-refractivity contribution in [3.05, 3.63) is 22.4 Å². The predicted octanol–water partition coefficient (Wildman–Crippen LogP) is 0.864. The van der Waals surface area contributed by atoms with Gasteiger partial charge in [-0.05, 0) is 17.9 Å². The van der Waals surface area contributed by atoms with E-state index < -0.39 is 0 Å². The molecule has 1 saturated heterocycles. The van der Waals surface area contributed by atoms with E-state index in [0.29, 0.717) is 5.96 Å². The second-order valence-corrected chi connectivity index (χ2v) is 7.12. The monoisotopic (exact) mass is 495 g/mol. The Morgan fingerprint density at radius 2 is 2.04 bits per heavy atom. The second kappa shape index (κ2) is 13.3. The van der Waals surface area contributed by atoms with Crippen molar-refractivity contribution in [2.24, 2.45) is 4.99 Å². The lowest BCUT2D eigenvalue weighted by Crippen LogP contribution is -2.45. The third-order valence-corrected chi connectivity index (χ3v) is 4.88. The van der Waals surface area contributed by atoms with E-state index in [2.05, 4.69) is 38.0 Å². The van der Waals surface area contributed by atoms with Gasteiger partial charge in [0.15, 0.2) is 5.96 Å². The van der Waals surface area contributed by atoms with E-state index in [9.17, 15) is 4.79 Å². The van der Waals surface area contributed by atoms with Gasteiger partial charge in [0.05, 0.1) is 13.2 Å². The molecule has 1 aromatic heterocycles. The molecule has 1 fully saturated rings. The summed E-state index contributed by atoms with van der Waals surface area (Å²) in [6, 6.07) is 4.19. The number of carbonyl (C=O) groups is 1. The van der Waals surface area contributed by atoms with Crippen LogP contribution >= 0.6 is 35.3 Å². The molecule has 26 heavy (non-hydrogen) atoms. The number of carbonyl (C=O) groups excluding carboxylic acids is 1. The Kier molecular flexibility index (Phi) is 11.8. The van der Waals surface area contributed by atoms with Gasteiger partial charge in [0.1, 0.15) is 6.54 Å². The van der Waals surface area contributed by atoms with Crippen LogP contribution in [0.4, 0.5) is 0 Å². The van der Waals surface area contributed by atoms with Crippen molar-refractivity contribution in [1.29, 1.82) is 0 Å². The molecule has 2 rings (SSSR count). The molecule has 9 heteroatoms. The SMILES string of the molecule is CN(C)C(=O)CN=C(NCCc1cccs1)NCCN1CCOCC1.I. The maximum atomic E-state index is 11.8. The highest BCUT2D eigenvalue weighted by molar-refractivity contribution is 14.0. The first-order valence-electron chi connectivity index (χ1n) is 8.70. The number of aliphatic imine (C=N–C) groups is 1. The number of nitrogens with zero attached hydrogens (tertiary/aromatic N) is 3. The van der Waals surface area contributed by atoms with E-state index in [0.717, 1.165) is 52.4 Å². The van der Waals surface area contributed by atoms with Crippen LogP contribution in [0.2, 0.25) is 0 Å². The van der Waals surface area contributed by atoms with Crippen LogP contribution in [0.3, 0.4) is 0 Å². The highest BCUT2D eigenvalue weighted by Gasteiger charge is 2.10. The molecule has 0 aromatic carbocycles. The van der Waals surface area contributed by atoms with Gasteiger partial charge in [0.2, 0.25) is 5.91 Å². The number of guanidine groups is 1. The van der Waals surface area contributed by atoms with Crippen LogP contribution in [0.1, 0.15) is 4.88 Å². The van der Waals surface area contributed by atoms with Gasteiger partial charge in [-0.15, -0.1) is 35.3 Å². The minimum absolute atomic E-state index is 0. The smallest absolute Gasteiger partial charge is 0.243 e. The van der Waals surface area contributed by atoms with Crippen LogP contribution in [-0.2, 0) is 16.0 Å². The summed E-state index contributed by atoms with van der Waals surface area (Å²) in [4.78, 5) is 21.4. The molecule has 0 unspecified atom stereocenters. The Labute approximate surface area is 177 Å².